The van der Waals surface area contributed by atoms with Crippen LogP contribution in [0.25, 0.3) is 0 Å². The summed E-state index contributed by atoms with van der Waals surface area (Å²) in [6.45, 7) is 7.00. The van der Waals surface area contributed by atoms with Crippen molar-refractivity contribution < 1.29 is 9.53 Å². The van der Waals surface area contributed by atoms with Gasteiger partial charge in [-0.2, -0.15) is 0 Å². The summed E-state index contributed by atoms with van der Waals surface area (Å²) in [5.41, 5.74) is 0. The first-order chi connectivity index (χ1) is 8.66. The average molecular weight is 252 g/mol. The molecule has 0 bridgehead atoms. The van der Waals surface area contributed by atoms with Gasteiger partial charge < -0.3 is 14.6 Å². The summed E-state index contributed by atoms with van der Waals surface area (Å²) in [5, 5.41) is 5.94. The number of carbonyl (C=O) groups is 1. The highest BCUT2D eigenvalue weighted by molar-refractivity contribution is 5.93. The highest BCUT2D eigenvalue weighted by Crippen LogP contribution is 2.09. The van der Waals surface area contributed by atoms with Crippen molar-refractivity contribution in [3.8, 4) is 0 Å². The normalized spacial score (nSPS) is 20.1. The van der Waals surface area contributed by atoms with Crippen LogP contribution in [0.1, 0.15) is 13.8 Å². The number of carbonyl (C=O) groups excluding carboxylic acids is 1. The lowest BCUT2D eigenvalue weighted by Gasteiger charge is -2.22. The molecule has 1 aliphatic rings. The molecule has 2 N–H and O–H groups in total. The standard InChI is InChI=1S/C12H20N4O2/c1-9(2)8-16-5-3-14-12(16)15-11(17)10-7-13-4-6-18-10/h3,5,9-10,13H,4,6-8H2,1-2H3,(H,14,15,17). The van der Waals surface area contributed by atoms with Gasteiger partial charge in [0, 0.05) is 32.0 Å². The molecule has 6 nitrogen and oxygen atoms in total. The molecule has 1 atom stereocenters. The second kappa shape index (κ2) is 5.97. The Labute approximate surface area is 107 Å². The molecule has 1 unspecified atom stereocenters. The van der Waals surface area contributed by atoms with Crippen LogP contribution < -0.4 is 10.6 Å². The topological polar surface area (TPSA) is 68.2 Å². The Kier molecular flexibility index (Phi) is 4.33. The predicted molar refractivity (Wildman–Crippen MR) is 68.3 cm³/mol. The van der Waals surface area contributed by atoms with Crippen LogP contribution in [0.2, 0.25) is 0 Å². The second-order valence-electron chi connectivity index (χ2n) is 4.85. The van der Waals surface area contributed by atoms with E-state index in [2.05, 4.69) is 29.5 Å². The van der Waals surface area contributed by atoms with Crippen molar-refractivity contribution in [3.05, 3.63) is 12.4 Å². The van der Waals surface area contributed by atoms with Gasteiger partial charge in [-0.1, -0.05) is 13.8 Å². The third kappa shape index (κ3) is 3.30. The number of hydrogen-bond donors (Lipinski definition) is 2. The van der Waals surface area contributed by atoms with Crippen molar-refractivity contribution in [2.45, 2.75) is 26.5 Å². The molecule has 0 aliphatic carbocycles. The molecule has 1 saturated heterocycles. The third-order valence-corrected chi connectivity index (χ3v) is 2.73. The maximum absolute atomic E-state index is 12.0. The Balaban J connectivity index is 1.95. The van der Waals surface area contributed by atoms with Gasteiger partial charge in [0.2, 0.25) is 5.95 Å². The fourth-order valence-electron chi connectivity index (χ4n) is 1.90. The van der Waals surface area contributed by atoms with Gasteiger partial charge in [-0.25, -0.2) is 4.98 Å². The van der Waals surface area contributed by atoms with Gasteiger partial charge in [-0.15, -0.1) is 0 Å². The molecule has 100 valence electrons. The maximum Gasteiger partial charge on any atom is 0.257 e. The number of imidazole rings is 1. The molecule has 1 fully saturated rings. The molecule has 1 aromatic rings. The van der Waals surface area contributed by atoms with E-state index in [1.807, 2.05) is 10.8 Å². The van der Waals surface area contributed by atoms with E-state index < -0.39 is 6.10 Å². The van der Waals surface area contributed by atoms with Crippen molar-refractivity contribution in [2.75, 3.05) is 25.0 Å². The average Bonchev–Trinajstić information content (AvgIpc) is 2.77. The summed E-state index contributed by atoms with van der Waals surface area (Å²) in [7, 11) is 0. The number of amides is 1. The number of hydrogen-bond acceptors (Lipinski definition) is 4. The van der Waals surface area contributed by atoms with E-state index in [4.69, 9.17) is 4.74 Å². The molecular formula is C12H20N4O2. The summed E-state index contributed by atoms with van der Waals surface area (Å²) in [6.07, 6.45) is 3.14. The lowest BCUT2D eigenvalue weighted by atomic mass is 10.2. The van der Waals surface area contributed by atoms with Crippen molar-refractivity contribution in [1.82, 2.24) is 14.9 Å². The molecule has 0 radical (unpaired) electrons. The zero-order chi connectivity index (χ0) is 13.0. The van der Waals surface area contributed by atoms with Crippen LogP contribution >= 0.6 is 0 Å². The Morgan fingerprint density at radius 2 is 2.56 bits per heavy atom. The minimum atomic E-state index is -0.428. The van der Waals surface area contributed by atoms with E-state index >= 15 is 0 Å². The summed E-state index contributed by atoms with van der Waals surface area (Å²) >= 11 is 0. The van der Waals surface area contributed by atoms with Crippen LogP contribution in [0.5, 0.6) is 0 Å². The van der Waals surface area contributed by atoms with Crippen LogP contribution in [0.4, 0.5) is 5.95 Å². The lowest BCUT2D eigenvalue weighted by Crippen LogP contribution is -2.45. The fraction of sp³-hybridized carbons (Fsp3) is 0.667. The highest BCUT2D eigenvalue weighted by Gasteiger charge is 2.22. The quantitative estimate of drug-likeness (QED) is 0.817. The number of aromatic nitrogens is 2. The van der Waals surface area contributed by atoms with Gasteiger partial charge >= 0.3 is 0 Å². The van der Waals surface area contributed by atoms with Crippen LogP contribution in [-0.2, 0) is 16.1 Å². The molecule has 1 aromatic heterocycles. The van der Waals surface area contributed by atoms with Crippen LogP contribution in [-0.4, -0.2) is 41.3 Å². The zero-order valence-electron chi connectivity index (χ0n) is 10.8. The van der Waals surface area contributed by atoms with E-state index in [9.17, 15) is 4.79 Å². The second-order valence-corrected chi connectivity index (χ2v) is 4.85. The molecule has 1 aliphatic heterocycles. The van der Waals surface area contributed by atoms with Gasteiger partial charge in [0.05, 0.1) is 6.61 Å². The summed E-state index contributed by atoms with van der Waals surface area (Å²) < 4.78 is 7.34. The third-order valence-electron chi connectivity index (χ3n) is 2.73. The van der Waals surface area contributed by atoms with E-state index in [0.717, 1.165) is 13.1 Å². The monoisotopic (exact) mass is 252 g/mol. The molecule has 0 aromatic carbocycles. The van der Waals surface area contributed by atoms with Crippen molar-refractivity contribution in [2.24, 2.45) is 5.92 Å². The van der Waals surface area contributed by atoms with Crippen molar-refractivity contribution in [1.29, 1.82) is 0 Å². The lowest BCUT2D eigenvalue weighted by molar-refractivity contribution is -0.128. The summed E-state index contributed by atoms with van der Waals surface area (Å²) in [6, 6.07) is 0. The molecule has 18 heavy (non-hydrogen) atoms. The number of morpholine rings is 1. The largest absolute Gasteiger partial charge is 0.366 e. The predicted octanol–water partition coefficient (Wildman–Crippen LogP) is 0.466. The first-order valence-corrected chi connectivity index (χ1v) is 6.31. The first-order valence-electron chi connectivity index (χ1n) is 6.31. The molecule has 2 rings (SSSR count). The summed E-state index contributed by atoms with van der Waals surface area (Å²) in [5.74, 6) is 0.948. The van der Waals surface area contributed by atoms with Gasteiger partial charge in [-0.05, 0) is 5.92 Å². The number of nitrogens with one attached hydrogen (secondary N) is 2. The van der Waals surface area contributed by atoms with E-state index in [1.165, 1.54) is 0 Å². The molecule has 2 heterocycles. The number of nitrogens with zero attached hydrogens (tertiary/aromatic N) is 2. The molecule has 0 spiro atoms. The van der Waals surface area contributed by atoms with Crippen LogP contribution in [0, 0.1) is 5.92 Å². The minimum Gasteiger partial charge on any atom is -0.366 e. The summed E-state index contributed by atoms with van der Waals surface area (Å²) in [4.78, 5) is 16.1. The van der Waals surface area contributed by atoms with Gasteiger partial charge in [0.25, 0.3) is 5.91 Å². The molecule has 0 saturated carbocycles. The van der Waals surface area contributed by atoms with E-state index in [-0.39, 0.29) is 5.91 Å². The molecular weight excluding hydrogens is 232 g/mol. The van der Waals surface area contributed by atoms with Crippen molar-refractivity contribution in [3.63, 3.8) is 0 Å². The van der Waals surface area contributed by atoms with Crippen LogP contribution in [0.15, 0.2) is 12.4 Å². The zero-order valence-corrected chi connectivity index (χ0v) is 10.8. The first kappa shape index (κ1) is 13.0. The Bertz CT molecular complexity index is 397. The Morgan fingerprint density at radius 1 is 1.72 bits per heavy atom. The van der Waals surface area contributed by atoms with Crippen LogP contribution in [0.3, 0.4) is 0 Å². The number of anilines is 1. The number of ether oxygens (including phenoxy) is 1. The van der Waals surface area contributed by atoms with Gasteiger partial charge in [0.1, 0.15) is 6.10 Å². The van der Waals surface area contributed by atoms with Gasteiger partial charge in [0.15, 0.2) is 0 Å². The molecule has 6 heteroatoms. The Morgan fingerprint density at radius 3 is 3.22 bits per heavy atom. The SMILES string of the molecule is CC(C)Cn1ccnc1NC(=O)C1CNCCO1. The minimum absolute atomic E-state index is 0.140. The maximum atomic E-state index is 12.0. The van der Waals surface area contributed by atoms with Crippen molar-refractivity contribution >= 4 is 11.9 Å². The fourth-order valence-corrected chi connectivity index (χ4v) is 1.90. The Hall–Kier alpha value is -1.40. The van der Waals surface area contributed by atoms with E-state index in [1.54, 1.807) is 6.20 Å². The van der Waals surface area contributed by atoms with Gasteiger partial charge in [-0.3, -0.25) is 10.1 Å². The smallest absolute Gasteiger partial charge is 0.257 e. The molecule has 1 amide bonds. The highest BCUT2D eigenvalue weighted by atomic mass is 16.5. The number of rotatable bonds is 4. The van der Waals surface area contributed by atoms with E-state index in [0.29, 0.717) is 25.0 Å².